The van der Waals surface area contributed by atoms with Gasteiger partial charge in [0.15, 0.2) is 0 Å². The number of alkyl halides is 3. The van der Waals surface area contributed by atoms with E-state index >= 15 is 0 Å². The van der Waals surface area contributed by atoms with Gasteiger partial charge >= 0.3 is 6.18 Å². The summed E-state index contributed by atoms with van der Waals surface area (Å²) in [7, 11) is 1.43. The summed E-state index contributed by atoms with van der Waals surface area (Å²) in [6, 6.07) is -1.55. The van der Waals surface area contributed by atoms with E-state index in [1.807, 2.05) is 0 Å². The zero-order valence-electron chi connectivity index (χ0n) is 6.06. The average Bonchev–Trinajstić information content (AvgIpc) is 1.86. The summed E-state index contributed by atoms with van der Waals surface area (Å²) in [4.78, 5) is 1.21. The van der Waals surface area contributed by atoms with Crippen LogP contribution in [0.15, 0.2) is 0 Å². The molecule has 1 aliphatic heterocycles. The Morgan fingerprint density at radius 1 is 1.55 bits per heavy atom. The fourth-order valence-corrected chi connectivity index (χ4v) is 0.926. The van der Waals surface area contributed by atoms with Crippen molar-refractivity contribution in [3.8, 4) is 0 Å². The predicted octanol–water partition coefficient (Wildman–Crippen LogP) is 1.04. The summed E-state index contributed by atoms with van der Waals surface area (Å²) >= 11 is 0. The molecular formula is C6H9F3NO. The number of halogens is 3. The van der Waals surface area contributed by atoms with Gasteiger partial charge in [-0.2, -0.15) is 13.2 Å². The van der Waals surface area contributed by atoms with Crippen LogP contribution in [0.4, 0.5) is 13.2 Å². The minimum Gasteiger partial charge on any atom is -0.372 e. The Bertz CT molecular complexity index is 136. The highest BCUT2D eigenvalue weighted by Crippen LogP contribution is 2.27. The number of hydrogen-bond donors (Lipinski definition) is 0. The smallest absolute Gasteiger partial charge is 0.372 e. The van der Waals surface area contributed by atoms with Crippen molar-refractivity contribution < 1.29 is 17.9 Å². The van der Waals surface area contributed by atoms with Crippen LogP contribution < -0.4 is 0 Å². The van der Waals surface area contributed by atoms with Crippen molar-refractivity contribution in [2.24, 2.45) is 0 Å². The minimum absolute atomic E-state index is 0.320. The average molecular weight is 168 g/mol. The van der Waals surface area contributed by atoms with E-state index < -0.39 is 12.2 Å². The van der Waals surface area contributed by atoms with Gasteiger partial charge in [-0.3, -0.25) is 4.90 Å². The molecule has 0 bridgehead atoms. The van der Waals surface area contributed by atoms with Crippen molar-refractivity contribution in [3.05, 3.63) is 6.61 Å². The zero-order valence-corrected chi connectivity index (χ0v) is 6.06. The van der Waals surface area contributed by atoms with E-state index in [2.05, 4.69) is 4.74 Å². The number of rotatable bonds is 0. The molecule has 0 aromatic carbocycles. The lowest BCUT2D eigenvalue weighted by Gasteiger charge is -2.32. The summed E-state index contributed by atoms with van der Waals surface area (Å²) in [5, 5.41) is 0. The molecule has 1 radical (unpaired) electrons. The molecule has 11 heavy (non-hydrogen) atoms. The van der Waals surface area contributed by atoms with Crippen LogP contribution in [0.1, 0.15) is 0 Å². The quantitative estimate of drug-likeness (QED) is 0.536. The molecule has 1 fully saturated rings. The first-order valence-corrected chi connectivity index (χ1v) is 3.23. The van der Waals surface area contributed by atoms with Gasteiger partial charge in [-0.1, -0.05) is 0 Å². The van der Waals surface area contributed by atoms with Gasteiger partial charge in [-0.25, -0.2) is 0 Å². The maximum atomic E-state index is 12.0. The fourth-order valence-electron chi connectivity index (χ4n) is 0.926. The van der Waals surface area contributed by atoms with Crippen molar-refractivity contribution in [3.63, 3.8) is 0 Å². The first-order chi connectivity index (χ1) is 5.02. The Morgan fingerprint density at radius 2 is 2.18 bits per heavy atom. The summed E-state index contributed by atoms with van der Waals surface area (Å²) in [6.45, 7) is 1.49. The second kappa shape index (κ2) is 2.98. The molecule has 1 unspecified atom stereocenters. The maximum Gasteiger partial charge on any atom is 0.406 e. The van der Waals surface area contributed by atoms with E-state index in [1.165, 1.54) is 11.9 Å². The first kappa shape index (κ1) is 8.80. The molecule has 65 valence electrons. The number of nitrogens with zero attached hydrogens (tertiary/aromatic N) is 1. The van der Waals surface area contributed by atoms with Crippen LogP contribution in [0, 0.1) is 6.61 Å². The van der Waals surface area contributed by atoms with Crippen molar-refractivity contribution in [1.29, 1.82) is 0 Å². The molecule has 0 aromatic rings. The van der Waals surface area contributed by atoms with Crippen molar-refractivity contribution in [2.45, 2.75) is 12.2 Å². The Balaban J connectivity index is 2.55. The van der Waals surface area contributed by atoms with Crippen molar-refractivity contribution in [1.82, 2.24) is 4.90 Å². The van der Waals surface area contributed by atoms with Crippen LogP contribution in [-0.2, 0) is 4.74 Å². The Morgan fingerprint density at radius 3 is 2.55 bits per heavy atom. The van der Waals surface area contributed by atoms with E-state index in [-0.39, 0.29) is 0 Å². The second-order valence-corrected chi connectivity index (χ2v) is 2.47. The monoisotopic (exact) mass is 168 g/mol. The van der Waals surface area contributed by atoms with Gasteiger partial charge in [-0.15, -0.1) is 0 Å². The van der Waals surface area contributed by atoms with Crippen LogP contribution >= 0.6 is 0 Å². The van der Waals surface area contributed by atoms with Gasteiger partial charge in [0.05, 0.1) is 6.61 Å². The van der Waals surface area contributed by atoms with Crippen molar-refractivity contribution >= 4 is 0 Å². The highest BCUT2D eigenvalue weighted by Gasteiger charge is 2.44. The lowest BCUT2D eigenvalue weighted by Crippen LogP contribution is -2.48. The van der Waals surface area contributed by atoms with Crippen LogP contribution in [0.3, 0.4) is 0 Å². The third kappa shape index (κ3) is 2.07. The van der Waals surface area contributed by atoms with Crippen molar-refractivity contribution in [2.75, 3.05) is 20.2 Å². The van der Waals surface area contributed by atoms with E-state index in [4.69, 9.17) is 0 Å². The molecule has 0 N–H and O–H groups in total. The topological polar surface area (TPSA) is 12.5 Å². The van der Waals surface area contributed by atoms with Gasteiger partial charge < -0.3 is 4.74 Å². The molecule has 0 aromatic heterocycles. The highest BCUT2D eigenvalue weighted by atomic mass is 19.4. The van der Waals surface area contributed by atoms with E-state index in [1.54, 1.807) is 0 Å². The number of ether oxygens (including phenoxy) is 1. The Labute approximate surface area is 62.9 Å². The molecule has 0 amide bonds. The molecule has 1 rings (SSSR count). The van der Waals surface area contributed by atoms with Gasteiger partial charge in [0.1, 0.15) is 12.6 Å². The lowest BCUT2D eigenvalue weighted by atomic mass is 10.2. The third-order valence-corrected chi connectivity index (χ3v) is 1.60. The molecule has 1 heterocycles. The lowest BCUT2D eigenvalue weighted by molar-refractivity contribution is -0.192. The molecule has 0 spiro atoms. The van der Waals surface area contributed by atoms with Gasteiger partial charge in [0.2, 0.25) is 0 Å². The number of likely N-dealkylation sites (N-methyl/N-ethyl adjacent to an activating group) is 1. The normalized spacial score (nSPS) is 28.9. The largest absolute Gasteiger partial charge is 0.406 e. The fraction of sp³-hybridized carbons (Fsp3) is 0.833. The molecule has 2 nitrogen and oxygen atoms in total. The van der Waals surface area contributed by atoms with E-state index in [0.717, 1.165) is 6.61 Å². The summed E-state index contributed by atoms with van der Waals surface area (Å²) in [5.41, 5.74) is 0. The standard InChI is InChI=1S/C6H9F3NO/c1-10-2-3-11-4-5(10)6(7,8)9/h4-5H,2-3H2,1H3. The molecule has 0 aliphatic carbocycles. The van der Waals surface area contributed by atoms with Crippen LogP contribution in [0.2, 0.25) is 0 Å². The molecule has 1 aliphatic rings. The Hall–Kier alpha value is -0.290. The number of morpholine rings is 1. The van der Waals surface area contributed by atoms with E-state index in [0.29, 0.717) is 13.2 Å². The molecular weight excluding hydrogens is 159 g/mol. The zero-order chi connectivity index (χ0) is 8.48. The van der Waals surface area contributed by atoms with Gasteiger partial charge in [-0.05, 0) is 7.05 Å². The van der Waals surface area contributed by atoms with Crippen LogP contribution in [-0.4, -0.2) is 37.3 Å². The maximum absolute atomic E-state index is 12.0. The Kier molecular flexibility index (Phi) is 2.39. The van der Waals surface area contributed by atoms with Crippen LogP contribution in [0.25, 0.3) is 0 Å². The van der Waals surface area contributed by atoms with E-state index in [9.17, 15) is 13.2 Å². The second-order valence-electron chi connectivity index (χ2n) is 2.47. The summed E-state index contributed by atoms with van der Waals surface area (Å²) < 4.78 is 40.7. The number of hydrogen-bond acceptors (Lipinski definition) is 2. The summed E-state index contributed by atoms with van der Waals surface area (Å²) in [5.74, 6) is 0. The first-order valence-electron chi connectivity index (χ1n) is 3.23. The molecule has 0 saturated carbocycles. The SMILES string of the molecule is CN1CCO[CH]C1C(F)(F)F. The minimum atomic E-state index is -4.21. The highest BCUT2D eigenvalue weighted by molar-refractivity contribution is 4.86. The van der Waals surface area contributed by atoms with Crippen LogP contribution in [0.5, 0.6) is 0 Å². The van der Waals surface area contributed by atoms with Gasteiger partial charge in [0, 0.05) is 6.54 Å². The molecule has 5 heteroatoms. The molecule has 1 atom stereocenters. The summed E-state index contributed by atoms with van der Waals surface area (Å²) in [6.07, 6.45) is -4.21. The van der Waals surface area contributed by atoms with Gasteiger partial charge in [0.25, 0.3) is 0 Å². The predicted molar refractivity (Wildman–Crippen MR) is 32.7 cm³/mol. The third-order valence-electron chi connectivity index (χ3n) is 1.60. The molecule has 1 saturated heterocycles.